The van der Waals surface area contributed by atoms with E-state index in [0.717, 1.165) is 12.1 Å². The first-order valence-corrected chi connectivity index (χ1v) is 10.9. The minimum atomic E-state index is -0.324. The lowest BCUT2D eigenvalue weighted by atomic mass is 10.1. The maximum atomic E-state index is 13.4. The molecule has 3 rings (SSSR count). The zero-order valence-corrected chi connectivity index (χ0v) is 19.2. The van der Waals surface area contributed by atoms with Crippen molar-refractivity contribution < 1.29 is 13.9 Å². The smallest absolute Gasteiger partial charge is 0.266 e. The van der Waals surface area contributed by atoms with E-state index >= 15 is 0 Å². The van der Waals surface area contributed by atoms with Crippen molar-refractivity contribution in [3.05, 3.63) is 81.1 Å². The number of rotatable bonds is 9. The van der Waals surface area contributed by atoms with Gasteiger partial charge in [-0.2, -0.15) is 5.26 Å². The standard InChI is InChI=1S/C24H25FN4O2S/c1-17-23(32-22(27-17)16-31-21-10-8-20(25)9-11-21)24(30)29(13-12-28(2)3)15-19-6-4-18(14-26)5-7-19/h4-11H,12-13,15-16H2,1-3H3. The number of likely N-dealkylation sites (N-methyl/N-ethyl adjacent to an activating group) is 1. The Morgan fingerprint density at radius 1 is 1.12 bits per heavy atom. The average Bonchev–Trinajstić information content (AvgIpc) is 3.16. The number of hydrogen-bond acceptors (Lipinski definition) is 6. The Hall–Kier alpha value is -3.28. The minimum Gasteiger partial charge on any atom is -0.486 e. The molecule has 0 unspecified atom stereocenters. The van der Waals surface area contributed by atoms with E-state index in [1.54, 1.807) is 29.2 Å². The quantitative estimate of drug-likeness (QED) is 0.486. The number of halogens is 1. The van der Waals surface area contributed by atoms with Crippen molar-refractivity contribution in [1.82, 2.24) is 14.8 Å². The Kier molecular flexibility index (Phi) is 7.92. The van der Waals surface area contributed by atoms with Crippen LogP contribution in [0.3, 0.4) is 0 Å². The third-order valence-electron chi connectivity index (χ3n) is 4.77. The molecule has 0 N–H and O–H groups in total. The Labute approximate surface area is 191 Å². The number of aromatic nitrogens is 1. The van der Waals surface area contributed by atoms with E-state index in [1.807, 2.05) is 38.1 Å². The van der Waals surface area contributed by atoms with Gasteiger partial charge < -0.3 is 14.5 Å². The van der Waals surface area contributed by atoms with Crippen molar-refractivity contribution >= 4 is 17.2 Å². The largest absolute Gasteiger partial charge is 0.486 e. The van der Waals surface area contributed by atoms with Gasteiger partial charge in [0.15, 0.2) is 0 Å². The van der Waals surface area contributed by atoms with Crippen LogP contribution in [0.25, 0.3) is 0 Å². The maximum absolute atomic E-state index is 13.4. The molecule has 166 valence electrons. The summed E-state index contributed by atoms with van der Waals surface area (Å²) in [5, 5.41) is 9.68. The molecule has 0 saturated carbocycles. The highest BCUT2D eigenvalue weighted by Crippen LogP contribution is 2.23. The van der Waals surface area contributed by atoms with E-state index in [4.69, 9.17) is 10.00 Å². The number of aryl methyl sites for hydroxylation is 1. The number of ether oxygens (including phenoxy) is 1. The number of amides is 1. The summed E-state index contributed by atoms with van der Waals surface area (Å²) in [6.07, 6.45) is 0. The molecule has 1 heterocycles. The SMILES string of the molecule is Cc1nc(COc2ccc(F)cc2)sc1C(=O)N(CCN(C)C)Cc1ccc(C#N)cc1. The Bertz CT molecular complexity index is 1090. The highest BCUT2D eigenvalue weighted by atomic mass is 32.1. The minimum absolute atomic E-state index is 0.0840. The van der Waals surface area contributed by atoms with Crippen molar-refractivity contribution in [3.8, 4) is 11.8 Å². The van der Waals surface area contributed by atoms with Gasteiger partial charge in [0.2, 0.25) is 0 Å². The molecule has 0 fully saturated rings. The molecule has 3 aromatic rings. The lowest BCUT2D eigenvalue weighted by Crippen LogP contribution is -2.36. The van der Waals surface area contributed by atoms with Crippen LogP contribution < -0.4 is 4.74 Å². The average molecular weight is 453 g/mol. The Morgan fingerprint density at radius 3 is 2.44 bits per heavy atom. The maximum Gasteiger partial charge on any atom is 0.266 e. The molecule has 0 aliphatic carbocycles. The number of carbonyl (C=O) groups is 1. The summed E-state index contributed by atoms with van der Waals surface area (Å²) in [4.78, 5) is 22.3. The third-order valence-corrected chi connectivity index (χ3v) is 5.89. The van der Waals surface area contributed by atoms with Gasteiger partial charge in [-0.05, 0) is 63.0 Å². The topological polar surface area (TPSA) is 69.5 Å². The van der Waals surface area contributed by atoms with E-state index in [1.165, 1.54) is 23.5 Å². The van der Waals surface area contributed by atoms with Crippen molar-refractivity contribution in [3.63, 3.8) is 0 Å². The van der Waals surface area contributed by atoms with E-state index in [-0.39, 0.29) is 18.3 Å². The van der Waals surface area contributed by atoms with Gasteiger partial charge in [-0.15, -0.1) is 11.3 Å². The number of thiazole rings is 1. The monoisotopic (exact) mass is 452 g/mol. The van der Waals surface area contributed by atoms with Gasteiger partial charge in [0, 0.05) is 19.6 Å². The molecule has 8 heteroatoms. The van der Waals surface area contributed by atoms with Gasteiger partial charge in [-0.3, -0.25) is 4.79 Å². The van der Waals surface area contributed by atoms with Crippen LogP contribution in [0.2, 0.25) is 0 Å². The molecule has 0 saturated heterocycles. The van der Waals surface area contributed by atoms with E-state index in [9.17, 15) is 9.18 Å². The third kappa shape index (κ3) is 6.36. The summed E-state index contributed by atoms with van der Waals surface area (Å²) < 4.78 is 18.7. The van der Waals surface area contributed by atoms with Crippen LogP contribution >= 0.6 is 11.3 Å². The number of hydrogen-bond donors (Lipinski definition) is 0. The van der Waals surface area contributed by atoms with E-state index in [0.29, 0.717) is 40.0 Å². The van der Waals surface area contributed by atoms with Gasteiger partial charge >= 0.3 is 0 Å². The van der Waals surface area contributed by atoms with Crippen LogP contribution in [0.1, 0.15) is 31.5 Å². The first-order chi connectivity index (χ1) is 15.4. The van der Waals surface area contributed by atoms with Crippen LogP contribution in [0.4, 0.5) is 4.39 Å². The van der Waals surface area contributed by atoms with Gasteiger partial charge in [-0.1, -0.05) is 12.1 Å². The Morgan fingerprint density at radius 2 is 1.81 bits per heavy atom. The number of nitriles is 1. The molecule has 0 spiro atoms. The van der Waals surface area contributed by atoms with Gasteiger partial charge in [0.1, 0.15) is 28.1 Å². The molecule has 32 heavy (non-hydrogen) atoms. The molecule has 1 amide bonds. The highest BCUT2D eigenvalue weighted by Gasteiger charge is 2.22. The zero-order valence-electron chi connectivity index (χ0n) is 18.3. The number of carbonyl (C=O) groups excluding carboxylic acids is 1. The second-order valence-corrected chi connectivity index (χ2v) is 8.69. The molecule has 0 bridgehead atoms. The molecular formula is C24H25FN4O2S. The lowest BCUT2D eigenvalue weighted by Gasteiger charge is -2.24. The number of nitrogens with zero attached hydrogens (tertiary/aromatic N) is 4. The van der Waals surface area contributed by atoms with Crippen LogP contribution in [0.15, 0.2) is 48.5 Å². The summed E-state index contributed by atoms with van der Waals surface area (Å²) >= 11 is 1.31. The van der Waals surface area contributed by atoms with Crippen molar-refractivity contribution in [1.29, 1.82) is 5.26 Å². The van der Waals surface area contributed by atoms with Crippen LogP contribution in [-0.2, 0) is 13.2 Å². The van der Waals surface area contributed by atoms with Crippen molar-refractivity contribution in [2.75, 3.05) is 27.2 Å². The van der Waals surface area contributed by atoms with Crippen LogP contribution in [-0.4, -0.2) is 47.9 Å². The molecule has 0 aliphatic rings. The molecule has 6 nitrogen and oxygen atoms in total. The molecule has 2 aromatic carbocycles. The summed E-state index contributed by atoms with van der Waals surface area (Å²) in [5.41, 5.74) is 2.20. The second-order valence-electron chi connectivity index (χ2n) is 7.60. The summed E-state index contributed by atoms with van der Waals surface area (Å²) in [7, 11) is 3.93. The van der Waals surface area contributed by atoms with Gasteiger partial charge in [-0.25, -0.2) is 9.37 Å². The normalized spacial score (nSPS) is 10.8. The molecular weight excluding hydrogens is 427 g/mol. The fourth-order valence-corrected chi connectivity index (χ4v) is 3.96. The summed E-state index contributed by atoms with van der Waals surface area (Å²) in [6.45, 7) is 3.75. The van der Waals surface area contributed by atoms with Crippen molar-refractivity contribution in [2.24, 2.45) is 0 Å². The van der Waals surface area contributed by atoms with Crippen LogP contribution in [0, 0.1) is 24.1 Å². The summed E-state index contributed by atoms with van der Waals surface area (Å²) in [5.74, 6) is 0.134. The predicted octanol–water partition coefficient (Wildman–Crippen LogP) is 4.25. The zero-order chi connectivity index (χ0) is 23.1. The van der Waals surface area contributed by atoms with E-state index < -0.39 is 0 Å². The molecule has 0 atom stereocenters. The fraction of sp³-hybridized carbons (Fsp3) is 0.292. The molecule has 1 aromatic heterocycles. The van der Waals surface area contributed by atoms with Crippen molar-refractivity contribution in [2.45, 2.75) is 20.1 Å². The molecule has 0 aliphatic heterocycles. The Balaban J connectivity index is 1.73. The fourth-order valence-electron chi connectivity index (χ4n) is 3.01. The first kappa shape index (κ1) is 23.4. The van der Waals surface area contributed by atoms with E-state index in [2.05, 4.69) is 11.1 Å². The van der Waals surface area contributed by atoms with Crippen LogP contribution in [0.5, 0.6) is 5.75 Å². The highest BCUT2D eigenvalue weighted by molar-refractivity contribution is 7.13. The van der Waals surface area contributed by atoms with Gasteiger partial charge in [0.05, 0.1) is 17.3 Å². The van der Waals surface area contributed by atoms with Gasteiger partial charge in [0.25, 0.3) is 5.91 Å². The molecule has 0 radical (unpaired) electrons. The first-order valence-electron chi connectivity index (χ1n) is 10.1. The number of benzene rings is 2. The second kappa shape index (κ2) is 10.8. The lowest BCUT2D eigenvalue weighted by molar-refractivity contribution is 0.0736. The summed E-state index contributed by atoms with van der Waals surface area (Å²) in [6, 6.07) is 15.2. The predicted molar refractivity (Wildman–Crippen MR) is 122 cm³/mol.